The molecule has 0 amide bonds. The van der Waals surface area contributed by atoms with Crippen molar-refractivity contribution in [2.24, 2.45) is 27.6 Å². The van der Waals surface area contributed by atoms with E-state index < -0.39 is 0 Å². The topological polar surface area (TPSA) is 40.5 Å². The molecule has 0 aromatic rings. The molecule has 2 atom stereocenters. The van der Waals surface area contributed by atoms with Crippen LogP contribution in [0.3, 0.4) is 0 Å². The zero-order valence-electron chi connectivity index (χ0n) is 17.1. The van der Waals surface area contributed by atoms with Crippen LogP contribution in [0.25, 0.3) is 0 Å². The molecule has 0 aromatic heterocycles. The summed E-state index contributed by atoms with van der Waals surface area (Å²) >= 11 is 0. The molecule has 2 aliphatic carbocycles. The maximum Gasteiger partial charge on any atom is 0.111 e. The first kappa shape index (κ1) is 19.9. The van der Waals surface area contributed by atoms with Gasteiger partial charge in [-0.3, -0.25) is 0 Å². The van der Waals surface area contributed by atoms with Crippen LogP contribution in [0.4, 0.5) is 0 Å². The lowest BCUT2D eigenvalue weighted by Crippen LogP contribution is -2.53. The number of rotatable bonds is 3. The van der Waals surface area contributed by atoms with Crippen molar-refractivity contribution in [3.8, 4) is 0 Å². The number of allylic oxidation sites excluding steroid dienone is 6. The van der Waals surface area contributed by atoms with Crippen LogP contribution in [0.5, 0.6) is 0 Å². The predicted molar refractivity (Wildman–Crippen MR) is 106 cm³/mol. The van der Waals surface area contributed by atoms with Crippen molar-refractivity contribution in [1.82, 2.24) is 0 Å². The van der Waals surface area contributed by atoms with E-state index in [-0.39, 0.29) is 21.7 Å². The van der Waals surface area contributed by atoms with Gasteiger partial charge in [0.2, 0.25) is 0 Å². The van der Waals surface area contributed by atoms with Gasteiger partial charge < -0.3 is 10.2 Å². The molecule has 2 aliphatic rings. The molecule has 140 valence electrons. The molecule has 0 bridgehead atoms. The number of hydrogen-bond acceptors (Lipinski definition) is 2. The molecule has 2 rings (SSSR count). The first-order valence-corrected chi connectivity index (χ1v) is 9.56. The summed E-state index contributed by atoms with van der Waals surface area (Å²) in [5.41, 5.74) is 0.00609. The van der Waals surface area contributed by atoms with Gasteiger partial charge in [-0.2, -0.15) is 0 Å². The van der Waals surface area contributed by atoms with Gasteiger partial charge in [0.25, 0.3) is 0 Å². The summed E-state index contributed by atoms with van der Waals surface area (Å²) in [5, 5.41) is 19.9. The second-order valence-electron chi connectivity index (χ2n) is 9.87. The van der Waals surface area contributed by atoms with Crippen LogP contribution in [0.2, 0.25) is 0 Å². The summed E-state index contributed by atoms with van der Waals surface area (Å²) < 4.78 is 0. The van der Waals surface area contributed by atoms with Gasteiger partial charge >= 0.3 is 0 Å². The Balaban J connectivity index is 2.65. The molecular formula is C23H36O2. The molecule has 0 spiro atoms. The standard InChI is InChI=1S/C23H36O2/c1-8-19(22(20(2,3)4)13-9-17(24)10-14-22)23(21(5,6)7)15-11-18(25)12-16-23/h9-13,15,19,24-25H,8,14,16H2,1-7H3. The van der Waals surface area contributed by atoms with Crippen molar-refractivity contribution in [2.75, 3.05) is 0 Å². The lowest BCUT2D eigenvalue weighted by atomic mass is 9.44. The molecule has 0 saturated heterocycles. The summed E-state index contributed by atoms with van der Waals surface area (Å²) in [6.45, 7) is 16.2. The summed E-state index contributed by atoms with van der Waals surface area (Å²) in [5.74, 6) is 1.13. The summed E-state index contributed by atoms with van der Waals surface area (Å²) in [6.07, 6.45) is 15.0. The SMILES string of the molecule is CCC(C1(C(C)(C)C)C=CC(O)=CC1)C1(C(C)(C)C)C=CC(O)=CC1. The molecule has 0 fully saturated rings. The highest BCUT2D eigenvalue weighted by Crippen LogP contribution is 2.63. The summed E-state index contributed by atoms with van der Waals surface area (Å²) in [7, 11) is 0. The van der Waals surface area contributed by atoms with E-state index in [2.05, 4.69) is 60.6 Å². The van der Waals surface area contributed by atoms with E-state index in [4.69, 9.17) is 0 Å². The van der Waals surface area contributed by atoms with Crippen LogP contribution in [0, 0.1) is 27.6 Å². The Labute approximate surface area is 154 Å². The first-order chi connectivity index (χ1) is 11.4. The largest absolute Gasteiger partial charge is 0.508 e. The third kappa shape index (κ3) is 3.20. The second-order valence-corrected chi connectivity index (χ2v) is 9.87. The fraction of sp³-hybridized carbons (Fsp3) is 0.652. The molecule has 0 aliphatic heterocycles. The van der Waals surface area contributed by atoms with Crippen LogP contribution in [-0.2, 0) is 0 Å². The Bertz CT molecular complexity index is 567. The Morgan fingerprint density at radius 2 is 1.20 bits per heavy atom. The number of aliphatic hydroxyl groups excluding tert-OH is 2. The smallest absolute Gasteiger partial charge is 0.111 e. The van der Waals surface area contributed by atoms with E-state index in [9.17, 15) is 10.2 Å². The van der Waals surface area contributed by atoms with Crippen molar-refractivity contribution in [3.05, 3.63) is 48.0 Å². The minimum absolute atomic E-state index is 0.0492. The van der Waals surface area contributed by atoms with Gasteiger partial charge in [-0.25, -0.2) is 0 Å². The number of aliphatic hydroxyl groups is 2. The van der Waals surface area contributed by atoms with Crippen LogP contribution in [-0.4, -0.2) is 10.2 Å². The average molecular weight is 345 g/mol. The Morgan fingerprint density at radius 3 is 1.40 bits per heavy atom. The first-order valence-electron chi connectivity index (χ1n) is 9.56. The van der Waals surface area contributed by atoms with Gasteiger partial charge in [-0.15, -0.1) is 0 Å². The van der Waals surface area contributed by atoms with E-state index in [0.29, 0.717) is 17.4 Å². The van der Waals surface area contributed by atoms with Crippen LogP contribution >= 0.6 is 0 Å². The molecular weight excluding hydrogens is 308 g/mol. The summed E-state index contributed by atoms with van der Waals surface area (Å²) in [4.78, 5) is 0. The third-order valence-electron chi connectivity index (χ3n) is 6.85. The second kappa shape index (κ2) is 6.37. The van der Waals surface area contributed by atoms with Crippen molar-refractivity contribution in [3.63, 3.8) is 0 Å². The van der Waals surface area contributed by atoms with Crippen molar-refractivity contribution < 1.29 is 10.2 Å². The van der Waals surface area contributed by atoms with Gasteiger partial charge in [0.15, 0.2) is 0 Å². The van der Waals surface area contributed by atoms with E-state index in [0.717, 1.165) is 19.3 Å². The molecule has 0 saturated carbocycles. The third-order valence-corrected chi connectivity index (χ3v) is 6.85. The monoisotopic (exact) mass is 344 g/mol. The zero-order chi connectivity index (χ0) is 19.1. The lowest BCUT2D eigenvalue weighted by molar-refractivity contribution is -0.0536. The van der Waals surface area contributed by atoms with E-state index in [1.807, 2.05) is 24.3 Å². The zero-order valence-corrected chi connectivity index (χ0v) is 17.1. The van der Waals surface area contributed by atoms with E-state index in [1.165, 1.54) is 0 Å². The number of hydrogen-bond donors (Lipinski definition) is 2. The van der Waals surface area contributed by atoms with Gasteiger partial charge in [-0.1, -0.05) is 67.0 Å². The summed E-state index contributed by atoms with van der Waals surface area (Å²) in [6, 6.07) is 0. The van der Waals surface area contributed by atoms with E-state index >= 15 is 0 Å². The van der Waals surface area contributed by atoms with Gasteiger partial charge in [0, 0.05) is 10.8 Å². The van der Waals surface area contributed by atoms with Crippen LogP contribution in [0.15, 0.2) is 48.0 Å². The predicted octanol–water partition coefficient (Wildman–Crippen LogP) is 6.88. The fourth-order valence-corrected chi connectivity index (χ4v) is 5.15. The maximum atomic E-state index is 9.95. The quantitative estimate of drug-likeness (QED) is 0.585. The highest BCUT2D eigenvalue weighted by atomic mass is 16.3. The minimum atomic E-state index is -0.0492. The molecule has 2 unspecified atom stereocenters. The molecule has 25 heavy (non-hydrogen) atoms. The molecule has 0 radical (unpaired) electrons. The highest BCUT2D eigenvalue weighted by Gasteiger charge is 2.56. The maximum absolute atomic E-state index is 9.95. The normalized spacial score (nSPS) is 31.5. The fourth-order valence-electron chi connectivity index (χ4n) is 5.15. The minimum Gasteiger partial charge on any atom is -0.508 e. The van der Waals surface area contributed by atoms with Crippen molar-refractivity contribution in [1.29, 1.82) is 0 Å². The molecule has 2 heteroatoms. The molecule has 0 heterocycles. The van der Waals surface area contributed by atoms with Crippen LogP contribution < -0.4 is 0 Å². The molecule has 2 N–H and O–H groups in total. The Kier molecular flexibility index (Phi) is 5.07. The van der Waals surface area contributed by atoms with Gasteiger partial charge in [-0.05, 0) is 53.9 Å². The highest BCUT2D eigenvalue weighted by molar-refractivity contribution is 5.31. The van der Waals surface area contributed by atoms with E-state index in [1.54, 1.807) is 0 Å². The van der Waals surface area contributed by atoms with Crippen molar-refractivity contribution >= 4 is 0 Å². The Hall–Kier alpha value is -1.44. The van der Waals surface area contributed by atoms with Crippen LogP contribution in [0.1, 0.15) is 67.7 Å². The Morgan fingerprint density at radius 1 is 0.840 bits per heavy atom. The van der Waals surface area contributed by atoms with Gasteiger partial charge in [0.05, 0.1) is 0 Å². The van der Waals surface area contributed by atoms with Gasteiger partial charge in [0.1, 0.15) is 11.5 Å². The molecule has 0 aromatic carbocycles. The average Bonchev–Trinajstić information content (AvgIpc) is 2.49. The lowest BCUT2D eigenvalue weighted by Gasteiger charge is -2.59. The molecule has 2 nitrogen and oxygen atoms in total. The van der Waals surface area contributed by atoms with Crippen molar-refractivity contribution in [2.45, 2.75) is 67.7 Å².